The summed E-state index contributed by atoms with van der Waals surface area (Å²) in [5.74, 6) is 1.90. The summed E-state index contributed by atoms with van der Waals surface area (Å²) in [6.07, 6.45) is 2.75. The summed E-state index contributed by atoms with van der Waals surface area (Å²) in [5.41, 5.74) is 1.80. The van der Waals surface area contributed by atoms with Gasteiger partial charge in [0.1, 0.15) is 5.82 Å². The summed E-state index contributed by atoms with van der Waals surface area (Å²) in [5, 5.41) is 6.44. The van der Waals surface area contributed by atoms with Gasteiger partial charge in [-0.05, 0) is 43.2 Å². The van der Waals surface area contributed by atoms with Crippen LogP contribution in [0.3, 0.4) is 0 Å². The molecule has 0 bridgehead atoms. The Bertz CT molecular complexity index is 829. The van der Waals surface area contributed by atoms with Crippen LogP contribution in [-0.4, -0.2) is 61.0 Å². The Morgan fingerprint density at radius 3 is 2.47 bits per heavy atom. The standard InChI is InChI=1S/C23H32N6O/c1-4-18(2)27-22(30)20-10-8-19(9-11-20)17-26-23(24-3)29-15-13-28(14-16-29)21-7-5-6-12-25-21/h5-12,18H,4,13-17H2,1-3H3,(H,24,26)(H,27,30). The highest BCUT2D eigenvalue weighted by molar-refractivity contribution is 5.94. The molecular weight excluding hydrogens is 376 g/mol. The van der Waals surface area contributed by atoms with Crippen molar-refractivity contribution in [3.05, 3.63) is 59.8 Å². The molecule has 1 amide bonds. The zero-order chi connectivity index (χ0) is 21.3. The first-order valence-corrected chi connectivity index (χ1v) is 10.6. The molecule has 0 radical (unpaired) electrons. The van der Waals surface area contributed by atoms with E-state index in [1.807, 2.05) is 56.6 Å². The molecule has 160 valence electrons. The van der Waals surface area contributed by atoms with E-state index in [4.69, 9.17) is 0 Å². The fourth-order valence-corrected chi connectivity index (χ4v) is 3.38. The SMILES string of the molecule is CCC(C)NC(=O)c1ccc(CNC(=NC)N2CCN(c3ccccn3)CC2)cc1. The fourth-order valence-electron chi connectivity index (χ4n) is 3.38. The molecule has 1 atom stereocenters. The van der Waals surface area contributed by atoms with Crippen LogP contribution >= 0.6 is 0 Å². The Balaban J connectivity index is 1.49. The molecule has 1 aromatic heterocycles. The average molecular weight is 409 g/mol. The summed E-state index contributed by atoms with van der Waals surface area (Å²) >= 11 is 0. The molecule has 2 heterocycles. The highest BCUT2D eigenvalue weighted by Crippen LogP contribution is 2.13. The summed E-state index contributed by atoms with van der Waals surface area (Å²) in [6, 6.07) is 13.9. The highest BCUT2D eigenvalue weighted by Gasteiger charge is 2.20. The number of amides is 1. The highest BCUT2D eigenvalue weighted by atomic mass is 16.1. The van der Waals surface area contributed by atoms with Crippen molar-refractivity contribution in [3.8, 4) is 0 Å². The second kappa shape index (κ2) is 10.6. The Labute approximate surface area is 179 Å². The largest absolute Gasteiger partial charge is 0.353 e. The quantitative estimate of drug-likeness (QED) is 0.568. The van der Waals surface area contributed by atoms with Crippen molar-refractivity contribution in [2.24, 2.45) is 4.99 Å². The Kier molecular flexibility index (Phi) is 7.65. The first-order chi connectivity index (χ1) is 14.6. The third kappa shape index (κ3) is 5.72. The molecule has 1 saturated heterocycles. The lowest BCUT2D eigenvalue weighted by Crippen LogP contribution is -2.52. The van der Waals surface area contributed by atoms with Crippen LogP contribution in [0.15, 0.2) is 53.7 Å². The minimum Gasteiger partial charge on any atom is -0.353 e. The van der Waals surface area contributed by atoms with Crippen LogP contribution in [-0.2, 0) is 6.54 Å². The smallest absolute Gasteiger partial charge is 0.251 e. The van der Waals surface area contributed by atoms with Gasteiger partial charge in [-0.1, -0.05) is 25.1 Å². The van der Waals surface area contributed by atoms with Crippen LogP contribution < -0.4 is 15.5 Å². The number of aliphatic imine (C=N–C) groups is 1. The van der Waals surface area contributed by atoms with Gasteiger partial charge in [-0.2, -0.15) is 0 Å². The number of nitrogens with one attached hydrogen (secondary N) is 2. The number of guanidine groups is 1. The van der Waals surface area contributed by atoms with Crippen LogP contribution in [0.5, 0.6) is 0 Å². The van der Waals surface area contributed by atoms with Crippen molar-refractivity contribution < 1.29 is 4.79 Å². The van der Waals surface area contributed by atoms with Gasteiger partial charge in [-0.15, -0.1) is 0 Å². The molecule has 1 fully saturated rings. The number of carbonyl (C=O) groups excluding carboxylic acids is 1. The Morgan fingerprint density at radius 2 is 1.87 bits per heavy atom. The molecule has 30 heavy (non-hydrogen) atoms. The van der Waals surface area contributed by atoms with Gasteiger partial charge in [0.25, 0.3) is 5.91 Å². The molecule has 0 aliphatic carbocycles. The predicted octanol–water partition coefficient (Wildman–Crippen LogP) is 2.51. The number of carbonyl (C=O) groups is 1. The van der Waals surface area contributed by atoms with Crippen molar-refractivity contribution in [1.82, 2.24) is 20.5 Å². The zero-order valence-corrected chi connectivity index (χ0v) is 18.1. The van der Waals surface area contributed by atoms with E-state index in [-0.39, 0.29) is 11.9 Å². The molecule has 0 spiro atoms. The molecule has 1 aliphatic heterocycles. The molecule has 7 nitrogen and oxygen atoms in total. The molecule has 1 aromatic carbocycles. The summed E-state index contributed by atoms with van der Waals surface area (Å²) in [6.45, 7) is 8.36. The minimum absolute atomic E-state index is 0.0227. The van der Waals surface area contributed by atoms with E-state index < -0.39 is 0 Å². The number of anilines is 1. The third-order valence-corrected chi connectivity index (χ3v) is 5.42. The van der Waals surface area contributed by atoms with Crippen LogP contribution in [0.4, 0.5) is 5.82 Å². The minimum atomic E-state index is -0.0227. The molecule has 1 aliphatic rings. The summed E-state index contributed by atoms with van der Waals surface area (Å²) in [4.78, 5) is 25.7. The number of hydrogen-bond donors (Lipinski definition) is 2. The maximum Gasteiger partial charge on any atom is 0.251 e. The van der Waals surface area contributed by atoms with Gasteiger partial charge in [0, 0.05) is 57.6 Å². The number of hydrogen-bond acceptors (Lipinski definition) is 4. The van der Waals surface area contributed by atoms with E-state index in [2.05, 4.69) is 43.4 Å². The van der Waals surface area contributed by atoms with Gasteiger partial charge in [-0.25, -0.2) is 4.98 Å². The number of piperazine rings is 1. The summed E-state index contributed by atoms with van der Waals surface area (Å²) < 4.78 is 0. The lowest BCUT2D eigenvalue weighted by Gasteiger charge is -2.37. The van der Waals surface area contributed by atoms with Crippen molar-refractivity contribution in [1.29, 1.82) is 0 Å². The zero-order valence-electron chi connectivity index (χ0n) is 18.1. The average Bonchev–Trinajstić information content (AvgIpc) is 2.80. The van der Waals surface area contributed by atoms with Gasteiger partial charge in [0.15, 0.2) is 5.96 Å². The third-order valence-electron chi connectivity index (χ3n) is 5.42. The van der Waals surface area contributed by atoms with E-state index in [9.17, 15) is 4.79 Å². The van der Waals surface area contributed by atoms with Crippen molar-refractivity contribution in [3.63, 3.8) is 0 Å². The Morgan fingerprint density at radius 1 is 1.13 bits per heavy atom. The number of nitrogens with zero attached hydrogens (tertiary/aromatic N) is 4. The number of aromatic nitrogens is 1. The fraction of sp³-hybridized carbons (Fsp3) is 0.435. The lowest BCUT2D eigenvalue weighted by atomic mass is 10.1. The number of benzene rings is 1. The second-order valence-electron chi connectivity index (χ2n) is 7.54. The molecule has 1 unspecified atom stereocenters. The van der Waals surface area contributed by atoms with Gasteiger partial charge >= 0.3 is 0 Å². The topological polar surface area (TPSA) is 72.9 Å². The number of pyridine rings is 1. The predicted molar refractivity (Wildman–Crippen MR) is 122 cm³/mol. The van der Waals surface area contributed by atoms with E-state index in [0.29, 0.717) is 12.1 Å². The maximum absolute atomic E-state index is 12.2. The molecule has 2 aromatic rings. The first-order valence-electron chi connectivity index (χ1n) is 10.6. The second-order valence-corrected chi connectivity index (χ2v) is 7.54. The van der Waals surface area contributed by atoms with Crippen LogP contribution in [0.2, 0.25) is 0 Å². The molecule has 7 heteroatoms. The van der Waals surface area contributed by atoms with E-state index in [1.54, 1.807) is 0 Å². The number of rotatable bonds is 6. The van der Waals surface area contributed by atoms with Crippen LogP contribution in [0.25, 0.3) is 0 Å². The van der Waals surface area contributed by atoms with E-state index in [0.717, 1.165) is 49.9 Å². The van der Waals surface area contributed by atoms with Gasteiger partial charge < -0.3 is 20.4 Å². The van der Waals surface area contributed by atoms with Gasteiger partial charge in [0.05, 0.1) is 0 Å². The van der Waals surface area contributed by atoms with Crippen LogP contribution in [0, 0.1) is 0 Å². The van der Waals surface area contributed by atoms with Crippen LogP contribution in [0.1, 0.15) is 36.2 Å². The van der Waals surface area contributed by atoms with Crippen molar-refractivity contribution >= 4 is 17.7 Å². The maximum atomic E-state index is 12.2. The lowest BCUT2D eigenvalue weighted by molar-refractivity contribution is 0.0939. The Hall–Kier alpha value is -3.09. The van der Waals surface area contributed by atoms with E-state index in [1.165, 1.54) is 0 Å². The summed E-state index contributed by atoms with van der Waals surface area (Å²) in [7, 11) is 1.82. The van der Waals surface area contributed by atoms with Gasteiger partial charge in [-0.3, -0.25) is 9.79 Å². The normalized spacial score (nSPS) is 15.6. The molecule has 3 rings (SSSR count). The van der Waals surface area contributed by atoms with E-state index >= 15 is 0 Å². The molecular formula is C23H32N6O. The van der Waals surface area contributed by atoms with Gasteiger partial charge in [0.2, 0.25) is 0 Å². The molecule has 0 saturated carbocycles. The first kappa shape index (κ1) is 21.6. The molecule has 2 N–H and O–H groups in total. The van der Waals surface area contributed by atoms with Crippen molar-refractivity contribution in [2.75, 3.05) is 38.1 Å². The van der Waals surface area contributed by atoms with Crippen molar-refractivity contribution in [2.45, 2.75) is 32.9 Å². The monoisotopic (exact) mass is 408 g/mol.